The quantitative estimate of drug-likeness (QED) is 0.404. The van der Waals surface area contributed by atoms with Gasteiger partial charge in [-0.3, -0.25) is 0 Å². The van der Waals surface area contributed by atoms with Crippen LogP contribution in [0.3, 0.4) is 0 Å². The van der Waals surface area contributed by atoms with E-state index in [1.165, 1.54) is 17.7 Å². The lowest BCUT2D eigenvalue weighted by Gasteiger charge is -2.37. The van der Waals surface area contributed by atoms with Crippen LogP contribution < -0.4 is 0 Å². The predicted molar refractivity (Wildman–Crippen MR) is 131 cm³/mol. The molecule has 3 rings (SSSR count). The molecule has 1 aliphatic rings. The summed E-state index contributed by atoms with van der Waals surface area (Å²) in [5.41, 5.74) is 1.60. The number of halogens is 5. The van der Waals surface area contributed by atoms with Crippen molar-refractivity contribution < 1.29 is 13.2 Å². The predicted octanol–water partition coefficient (Wildman–Crippen LogP) is 6.73. The van der Waals surface area contributed by atoms with E-state index in [1.807, 2.05) is 18.2 Å². The highest BCUT2D eigenvalue weighted by molar-refractivity contribution is 5.85. The van der Waals surface area contributed by atoms with E-state index in [4.69, 9.17) is 0 Å². The van der Waals surface area contributed by atoms with Crippen LogP contribution in [0.2, 0.25) is 0 Å². The Morgan fingerprint density at radius 2 is 1.41 bits per heavy atom. The monoisotopic (exact) mass is 490 g/mol. The Balaban J connectivity index is 0.00000256. The SMILES string of the molecule is CCN(CC)CCN1CCC(C(c2ccccc2)c2ccc(C(F)(F)F)cc2)CC1.Cl.Cl. The van der Waals surface area contributed by atoms with Crippen molar-refractivity contribution in [2.45, 2.75) is 38.8 Å². The van der Waals surface area contributed by atoms with E-state index in [2.05, 4.69) is 35.8 Å². The van der Waals surface area contributed by atoms with Crippen LogP contribution in [-0.4, -0.2) is 49.1 Å². The summed E-state index contributed by atoms with van der Waals surface area (Å²) in [4.78, 5) is 4.98. The first-order chi connectivity index (χ1) is 14.4. The van der Waals surface area contributed by atoms with Gasteiger partial charge in [0.1, 0.15) is 0 Å². The third-order valence-electron chi connectivity index (χ3n) is 6.49. The Kier molecular flexibility index (Phi) is 12.1. The Morgan fingerprint density at radius 3 is 1.91 bits per heavy atom. The molecule has 0 spiro atoms. The number of hydrogen-bond acceptors (Lipinski definition) is 2. The van der Waals surface area contributed by atoms with Crippen molar-refractivity contribution in [2.24, 2.45) is 5.92 Å². The number of rotatable bonds is 8. The Hall–Kier alpha value is -1.27. The molecule has 180 valence electrons. The first-order valence-corrected chi connectivity index (χ1v) is 11.1. The van der Waals surface area contributed by atoms with E-state index in [0.717, 1.165) is 57.7 Å². The second-order valence-electron chi connectivity index (χ2n) is 8.21. The zero-order chi connectivity index (χ0) is 21.6. The molecule has 32 heavy (non-hydrogen) atoms. The molecule has 2 aromatic rings. The van der Waals surface area contributed by atoms with Crippen molar-refractivity contribution in [3.63, 3.8) is 0 Å². The molecule has 2 nitrogen and oxygen atoms in total. The number of likely N-dealkylation sites (tertiary alicyclic amines) is 1. The van der Waals surface area contributed by atoms with Gasteiger partial charge in [-0.15, -0.1) is 24.8 Å². The summed E-state index contributed by atoms with van der Waals surface area (Å²) in [7, 11) is 0. The van der Waals surface area contributed by atoms with Crippen LogP contribution in [0.1, 0.15) is 49.3 Å². The van der Waals surface area contributed by atoms with Crippen LogP contribution in [0.5, 0.6) is 0 Å². The van der Waals surface area contributed by atoms with E-state index in [1.54, 1.807) is 12.1 Å². The molecule has 1 fully saturated rings. The standard InChI is InChI=1S/C25H33F3N2.2ClH/c1-3-29(4-2)18-19-30-16-14-22(15-17-30)24(20-8-6-5-7-9-20)21-10-12-23(13-11-21)25(26,27)28;;/h5-13,22,24H,3-4,14-19H2,1-2H3;2*1H. The zero-order valence-corrected chi connectivity index (χ0v) is 20.5. The minimum absolute atomic E-state index is 0. The number of hydrogen-bond donors (Lipinski definition) is 0. The van der Waals surface area contributed by atoms with Crippen molar-refractivity contribution in [2.75, 3.05) is 39.3 Å². The fraction of sp³-hybridized carbons (Fsp3) is 0.520. The normalized spacial score (nSPS) is 16.3. The summed E-state index contributed by atoms with van der Waals surface area (Å²) in [5.74, 6) is 0.576. The molecule has 1 saturated heterocycles. The van der Waals surface area contributed by atoms with Gasteiger partial charge in [0.2, 0.25) is 0 Å². The number of nitrogens with zero attached hydrogens (tertiary/aromatic N) is 2. The lowest BCUT2D eigenvalue weighted by atomic mass is 9.76. The largest absolute Gasteiger partial charge is 0.416 e. The van der Waals surface area contributed by atoms with Gasteiger partial charge in [0.15, 0.2) is 0 Å². The summed E-state index contributed by atoms with van der Waals surface area (Å²) in [5, 5.41) is 0. The maximum Gasteiger partial charge on any atom is 0.416 e. The fourth-order valence-corrected chi connectivity index (χ4v) is 4.61. The minimum atomic E-state index is -4.29. The van der Waals surface area contributed by atoms with Crippen LogP contribution in [0.15, 0.2) is 54.6 Å². The summed E-state index contributed by atoms with van der Waals surface area (Å²) in [6.45, 7) is 10.8. The molecule has 0 aromatic heterocycles. The Bertz CT molecular complexity index is 757. The highest BCUT2D eigenvalue weighted by Crippen LogP contribution is 2.39. The molecule has 2 aromatic carbocycles. The molecule has 1 aliphatic heterocycles. The van der Waals surface area contributed by atoms with E-state index < -0.39 is 11.7 Å². The van der Waals surface area contributed by atoms with Gasteiger partial charge in [0.05, 0.1) is 5.56 Å². The Labute approximate surface area is 203 Å². The van der Waals surface area contributed by atoms with Crippen molar-refractivity contribution in [3.05, 3.63) is 71.3 Å². The lowest BCUT2D eigenvalue weighted by Crippen LogP contribution is -2.40. The first-order valence-electron chi connectivity index (χ1n) is 11.1. The lowest BCUT2D eigenvalue weighted by molar-refractivity contribution is -0.137. The van der Waals surface area contributed by atoms with E-state index in [-0.39, 0.29) is 30.7 Å². The van der Waals surface area contributed by atoms with Gasteiger partial charge in [0.25, 0.3) is 0 Å². The maximum absolute atomic E-state index is 13.0. The van der Waals surface area contributed by atoms with Gasteiger partial charge in [-0.1, -0.05) is 56.3 Å². The summed E-state index contributed by atoms with van der Waals surface area (Å²) >= 11 is 0. The third kappa shape index (κ3) is 7.65. The van der Waals surface area contributed by atoms with Crippen LogP contribution >= 0.6 is 24.8 Å². The van der Waals surface area contributed by atoms with E-state index in [9.17, 15) is 13.2 Å². The second-order valence-corrected chi connectivity index (χ2v) is 8.21. The molecule has 1 atom stereocenters. The third-order valence-corrected chi connectivity index (χ3v) is 6.49. The van der Waals surface area contributed by atoms with Crippen LogP contribution in [0.4, 0.5) is 13.2 Å². The zero-order valence-electron chi connectivity index (χ0n) is 18.9. The summed E-state index contributed by atoms with van der Waals surface area (Å²) in [6, 6.07) is 16.0. The fourth-order valence-electron chi connectivity index (χ4n) is 4.61. The average Bonchev–Trinajstić information content (AvgIpc) is 2.76. The number of benzene rings is 2. The average molecular weight is 491 g/mol. The smallest absolute Gasteiger partial charge is 0.303 e. The minimum Gasteiger partial charge on any atom is -0.303 e. The van der Waals surface area contributed by atoms with Gasteiger partial charge in [-0.25, -0.2) is 0 Å². The number of alkyl halides is 3. The molecule has 7 heteroatoms. The van der Waals surface area contributed by atoms with Crippen LogP contribution in [-0.2, 0) is 6.18 Å². The van der Waals surface area contributed by atoms with Gasteiger partial charge >= 0.3 is 6.18 Å². The molecule has 0 saturated carbocycles. The molecule has 0 amide bonds. The van der Waals surface area contributed by atoms with Crippen molar-refractivity contribution >= 4 is 24.8 Å². The molecule has 1 heterocycles. The summed E-state index contributed by atoms with van der Waals surface area (Å²) in [6.07, 6.45) is -2.16. The summed E-state index contributed by atoms with van der Waals surface area (Å²) < 4.78 is 39.0. The molecular formula is C25H35Cl2F3N2. The Morgan fingerprint density at radius 1 is 0.875 bits per heavy atom. The number of piperidine rings is 1. The van der Waals surface area contributed by atoms with Gasteiger partial charge in [0, 0.05) is 19.0 Å². The maximum atomic E-state index is 13.0. The van der Waals surface area contributed by atoms with E-state index in [0.29, 0.717) is 5.92 Å². The highest BCUT2D eigenvalue weighted by Gasteiger charge is 2.32. The number of likely N-dealkylation sites (N-methyl/N-ethyl adjacent to an activating group) is 1. The first kappa shape index (κ1) is 28.8. The van der Waals surface area contributed by atoms with Crippen molar-refractivity contribution in [3.8, 4) is 0 Å². The molecular weight excluding hydrogens is 456 g/mol. The molecule has 0 N–H and O–H groups in total. The van der Waals surface area contributed by atoms with Crippen LogP contribution in [0, 0.1) is 5.92 Å². The highest BCUT2D eigenvalue weighted by atomic mass is 35.5. The molecule has 0 bridgehead atoms. The van der Waals surface area contributed by atoms with Crippen molar-refractivity contribution in [1.29, 1.82) is 0 Å². The topological polar surface area (TPSA) is 6.48 Å². The van der Waals surface area contributed by atoms with Gasteiger partial charge < -0.3 is 9.80 Å². The van der Waals surface area contributed by atoms with Gasteiger partial charge in [-0.05, 0) is 68.2 Å². The molecule has 0 aliphatic carbocycles. The van der Waals surface area contributed by atoms with Crippen LogP contribution in [0.25, 0.3) is 0 Å². The molecule has 0 radical (unpaired) electrons. The van der Waals surface area contributed by atoms with Gasteiger partial charge in [-0.2, -0.15) is 13.2 Å². The van der Waals surface area contributed by atoms with E-state index >= 15 is 0 Å². The second kappa shape index (κ2) is 13.4. The molecule has 1 unspecified atom stereocenters. The van der Waals surface area contributed by atoms with Crippen molar-refractivity contribution in [1.82, 2.24) is 9.80 Å².